The summed E-state index contributed by atoms with van der Waals surface area (Å²) >= 11 is 1.18. The summed E-state index contributed by atoms with van der Waals surface area (Å²) in [6.07, 6.45) is 1.12. The fourth-order valence-corrected chi connectivity index (χ4v) is 3.36. The minimum atomic E-state index is -0.507. The van der Waals surface area contributed by atoms with Crippen molar-refractivity contribution in [2.45, 2.75) is 18.9 Å². The molecule has 2 aromatic rings. The summed E-state index contributed by atoms with van der Waals surface area (Å²) in [5, 5.41) is 7.15. The molecule has 7 nitrogen and oxygen atoms in total. The zero-order valence-corrected chi connectivity index (χ0v) is 14.9. The third kappa shape index (κ3) is 4.09. The Balaban J connectivity index is 1.69. The van der Waals surface area contributed by atoms with Crippen LogP contribution in [0.3, 0.4) is 0 Å². The maximum absolute atomic E-state index is 12.5. The molecule has 1 aromatic heterocycles. The maximum atomic E-state index is 12.5. The van der Waals surface area contributed by atoms with Gasteiger partial charge in [-0.2, -0.15) is 0 Å². The number of methoxy groups -OCH3 is 1. The molecule has 0 saturated carbocycles. The van der Waals surface area contributed by atoms with Gasteiger partial charge in [0.1, 0.15) is 11.0 Å². The van der Waals surface area contributed by atoms with Crippen molar-refractivity contribution >= 4 is 40.5 Å². The summed E-state index contributed by atoms with van der Waals surface area (Å²) in [4.78, 5) is 36.6. The molecule has 1 aliphatic rings. The largest absolute Gasteiger partial charge is 0.465 e. The van der Waals surface area contributed by atoms with Gasteiger partial charge in [-0.05, 0) is 42.5 Å². The Kier molecular flexibility index (Phi) is 5.65. The molecule has 0 radical (unpaired) electrons. The van der Waals surface area contributed by atoms with Gasteiger partial charge in [-0.1, -0.05) is 6.07 Å². The summed E-state index contributed by atoms with van der Waals surface area (Å²) in [6.45, 7) is 0.587. The van der Waals surface area contributed by atoms with Crippen LogP contribution in [-0.4, -0.2) is 37.6 Å². The number of esters is 1. The van der Waals surface area contributed by atoms with E-state index in [1.165, 1.54) is 18.4 Å². The van der Waals surface area contributed by atoms with Crippen molar-refractivity contribution in [3.8, 4) is 0 Å². The number of thiophene rings is 1. The van der Waals surface area contributed by atoms with Crippen LogP contribution in [0.1, 0.15) is 32.9 Å². The van der Waals surface area contributed by atoms with Crippen LogP contribution >= 0.6 is 11.3 Å². The van der Waals surface area contributed by atoms with Crippen LogP contribution in [0.4, 0.5) is 11.4 Å². The van der Waals surface area contributed by atoms with E-state index in [1.54, 1.807) is 35.7 Å². The van der Waals surface area contributed by atoms with Gasteiger partial charge in [0.05, 0.1) is 12.8 Å². The van der Waals surface area contributed by atoms with E-state index in [4.69, 9.17) is 9.47 Å². The second-order valence-corrected chi connectivity index (χ2v) is 6.60. The van der Waals surface area contributed by atoms with Crippen molar-refractivity contribution in [2.75, 3.05) is 24.4 Å². The first-order chi connectivity index (χ1) is 12.6. The molecule has 2 N–H and O–H groups in total. The molecule has 0 aliphatic carbocycles. The van der Waals surface area contributed by atoms with Crippen molar-refractivity contribution in [2.24, 2.45) is 0 Å². The summed E-state index contributed by atoms with van der Waals surface area (Å²) in [6, 6.07) is 8.22. The number of rotatable bonds is 5. The van der Waals surface area contributed by atoms with Crippen LogP contribution in [-0.2, 0) is 14.3 Å². The zero-order chi connectivity index (χ0) is 18.5. The molecular weight excluding hydrogens is 356 g/mol. The van der Waals surface area contributed by atoms with Gasteiger partial charge >= 0.3 is 5.97 Å². The number of hydrogen-bond acceptors (Lipinski definition) is 6. The van der Waals surface area contributed by atoms with E-state index in [1.807, 2.05) is 0 Å². The fourth-order valence-electron chi connectivity index (χ4n) is 2.60. The predicted octanol–water partition coefficient (Wildman–Crippen LogP) is 2.90. The number of carbonyl (C=O) groups is 3. The van der Waals surface area contributed by atoms with E-state index >= 15 is 0 Å². The van der Waals surface area contributed by atoms with Crippen molar-refractivity contribution in [1.29, 1.82) is 0 Å². The van der Waals surface area contributed by atoms with E-state index in [2.05, 4.69) is 10.6 Å². The lowest BCUT2D eigenvalue weighted by molar-refractivity contribution is -0.124. The number of ether oxygens (including phenoxy) is 2. The topological polar surface area (TPSA) is 93.7 Å². The summed E-state index contributed by atoms with van der Waals surface area (Å²) in [5.74, 6) is -1.11. The predicted molar refractivity (Wildman–Crippen MR) is 97.7 cm³/mol. The Morgan fingerprint density at radius 3 is 2.81 bits per heavy atom. The van der Waals surface area contributed by atoms with E-state index in [9.17, 15) is 14.4 Å². The summed E-state index contributed by atoms with van der Waals surface area (Å²) in [7, 11) is 1.29. The number of carbonyl (C=O) groups excluding carboxylic acids is 3. The van der Waals surface area contributed by atoms with Gasteiger partial charge in [0.25, 0.3) is 11.8 Å². The highest BCUT2D eigenvalue weighted by Crippen LogP contribution is 2.24. The van der Waals surface area contributed by atoms with E-state index < -0.39 is 12.1 Å². The second kappa shape index (κ2) is 8.11. The van der Waals surface area contributed by atoms with Crippen LogP contribution in [0.5, 0.6) is 0 Å². The lowest BCUT2D eigenvalue weighted by Crippen LogP contribution is -2.27. The normalized spacial score (nSPS) is 16.1. The van der Waals surface area contributed by atoms with Crippen molar-refractivity contribution < 1.29 is 23.9 Å². The molecule has 1 fully saturated rings. The Bertz CT molecular complexity index is 826. The molecule has 8 heteroatoms. The molecule has 3 rings (SSSR count). The van der Waals surface area contributed by atoms with Crippen molar-refractivity contribution in [1.82, 2.24) is 0 Å². The van der Waals surface area contributed by atoms with E-state index in [-0.39, 0.29) is 11.8 Å². The van der Waals surface area contributed by atoms with Crippen LogP contribution < -0.4 is 10.6 Å². The Labute approximate surface area is 154 Å². The lowest BCUT2D eigenvalue weighted by atomic mass is 10.1. The highest BCUT2D eigenvalue weighted by Gasteiger charge is 2.23. The quantitative estimate of drug-likeness (QED) is 0.785. The van der Waals surface area contributed by atoms with Gasteiger partial charge in [0.2, 0.25) is 0 Å². The Morgan fingerprint density at radius 1 is 1.23 bits per heavy atom. The van der Waals surface area contributed by atoms with Crippen molar-refractivity contribution in [3.63, 3.8) is 0 Å². The molecule has 0 bridgehead atoms. The molecule has 2 heterocycles. The van der Waals surface area contributed by atoms with Gasteiger partial charge in [0, 0.05) is 17.9 Å². The Hall–Kier alpha value is -2.71. The minimum absolute atomic E-state index is 0.217. The highest BCUT2D eigenvalue weighted by atomic mass is 32.1. The van der Waals surface area contributed by atoms with Crippen LogP contribution in [0, 0.1) is 0 Å². The number of benzene rings is 1. The second-order valence-electron chi connectivity index (χ2n) is 5.68. The average molecular weight is 374 g/mol. The molecule has 26 heavy (non-hydrogen) atoms. The third-order valence-electron chi connectivity index (χ3n) is 3.90. The van der Waals surface area contributed by atoms with Gasteiger partial charge in [-0.25, -0.2) is 4.79 Å². The molecule has 1 atom stereocenters. The molecule has 1 aliphatic heterocycles. The zero-order valence-electron chi connectivity index (χ0n) is 14.1. The van der Waals surface area contributed by atoms with E-state index in [0.717, 1.165) is 6.42 Å². The molecule has 0 unspecified atom stereocenters. The molecule has 0 spiro atoms. The fraction of sp³-hybridized carbons (Fsp3) is 0.278. The molecule has 2 amide bonds. The van der Waals surface area contributed by atoms with Gasteiger partial charge in [0.15, 0.2) is 0 Å². The number of amides is 2. The Morgan fingerprint density at radius 2 is 2.08 bits per heavy atom. The lowest BCUT2D eigenvalue weighted by Gasteiger charge is -2.11. The van der Waals surface area contributed by atoms with Crippen LogP contribution in [0.15, 0.2) is 35.7 Å². The first kappa shape index (κ1) is 18.1. The summed E-state index contributed by atoms with van der Waals surface area (Å²) < 4.78 is 10.0. The number of nitrogens with one attached hydrogen (secondary N) is 2. The number of anilines is 2. The highest BCUT2D eigenvalue weighted by molar-refractivity contribution is 7.12. The molecule has 136 valence electrons. The summed E-state index contributed by atoms with van der Waals surface area (Å²) in [5.41, 5.74) is 1.26. The smallest absolute Gasteiger partial charge is 0.350 e. The first-order valence-corrected chi connectivity index (χ1v) is 8.96. The first-order valence-electron chi connectivity index (χ1n) is 8.08. The standard InChI is InChI=1S/C18H18N2O5S/c1-24-18(23)15-13(7-9-26-15)20-16(21)11-4-2-5-12(10-11)19-17(22)14-6-3-8-25-14/h2,4-5,7,9-10,14H,3,6,8H2,1H3,(H,19,22)(H,20,21)/t14-/m1/s1. The van der Waals surface area contributed by atoms with E-state index in [0.29, 0.717) is 34.8 Å². The molecule has 1 saturated heterocycles. The van der Waals surface area contributed by atoms with Crippen molar-refractivity contribution in [3.05, 3.63) is 46.2 Å². The average Bonchev–Trinajstić information content (AvgIpc) is 3.33. The van der Waals surface area contributed by atoms with Gasteiger partial charge < -0.3 is 20.1 Å². The molecule has 1 aromatic carbocycles. The SMILES string of the molecule is COC(=O)c1sccc1NC(=O)c1cccc(NC(=O)[C@H]2CCCO2)c1. The number of hydrogen-bond donors (Lipinski definition) is 2. The van der Waals surface area contributed by atoms with Gasteiger partial charge in [-0.3, -0.25) is 9.59 Å². The third-order valence-corrected chi connectivity index (χ3v) is 4.79. The van der Waals surface area contributed by atoms with Gasteiger partial charge in [-0.15, -0.1) is 11.3 Å². The minimum Gasteiger partial charge on any atom is -0.465 e. The van der Waals surface area contributed by atoms with Crippen LogP contribution in [0.25, 0.3) is 0 Å². The van der Waals surface area contributed by atoms with Crippen LogP contribution in [0.2, 0.25) is 0 Å². The monoisotopic (exact) mass is 374 g/mol. The molecular formula is C18H18N2O5S. The maximum Gasteiger partial charge on any atom is 0.350 e.